The molecule has 3 heteroatoms. The van der Waals surface area contributed by atoms with Gasteiger partial charge in [-0.25, -0.2) is 0 Å². The largest absolute Gasteiger partial charge is 0.496 e. The minimum absolute atomic E-state index is 0.0462. The molecule has 0 heterocycles. The van der Waals surface area contributed by atoms with E-state index in [0.29, 0.717) is 0 Å². The van der Waals surface area contributed by atoms with E-state index >= 15 is 0 Å². The lowest BCUT2D eigenvalue weighted by Crippen LogP contribution is -2.41. The van der Waals surface area contributed by atoms with Crippen molar-refractivity contribution in [1.82, 2.24) is 0 Å². The Morgan fingerprint density at radius 1 is 1.32 bits per heavy atom. The van der Waals surface area contributed by atoms with Crippen LogP contribution in [0.3, 0.4) is 0 Å². The Hall–Kier alpha value is -1.35. The van der Waals surface area contributed by atoms with Crippen LogP contribution in [0.4, 0.5) is 0 Å². The SMILES string of the molecule is COc1c(C)cc(C(=O)C2(CO)CCC2)c(C)c1C. The average Bonchev–Trinajstić information content (AvgIpc) is 2.33. The van der Waals surface area contributed by atoms with E-state index in [0.717, 1.165) is 47.3 Å². The Bertz CT molecular complexity index is 508. The summed E-state index contributed by atoms with van der Waals surface area (Å²) in [6.45, 7) is 5.84. The number of aliphatic hydroxyl groups excluding tert-OH is 1. The first-order valence-electron chi connectivity index (χ1n) is 6.77. The van der Waals surface area contributed by atoms with Crippen LogP contribution in [0.15, 0.2) is 6.07 Å². The number of aryl methyl sites for hydroxylation is 1. The van der Waals surface area contributed by atoms with E-state index in [1.807, 2.05) is 26.8 Å². The summed E-state index contributed by atoms with van der Waals surface area (Å²) in [6, 6.07) is 1.90. The zero-order valence-corrected chi connectivity index (χ0v) is 12.2. The second kappa shape index (κ2) is 4.97. The standard InChI is InChI=1S/C16H22O3/c1-10-8-13(11(2)12(3)14(10)19-4)15(18)16(9-17)6-5-7-16/h8,17H,5-7,9H2,1-4H3. The molecule has 0 saturated heterocycles. The summed E-state index contributed by atoms with van der Waals surface area (Å²) in [5.41, 5.74) is 3.16. The first-order valence-corrected chi connectivity index (χ1v) is 6.77. The fraction of sp³-hybridized carbons (Fsp3) is 0.562. The van der Waals surface area contributed by atoms with Crippen molar-refractivity contribution in [3.05, 3.63) is 28.3 Å². The van der Waals surface area contributed by atoms with Crippen molar-refractivity contribution in [3.63, 3.8) is 0 Å². The molecule has 3 nitrogen and oxygen atoms in total. The van der Waals surface area contributed by atoms with E-state index in [9.17, 15) is 9.90 Å². The molecule has 1 aliphatic rings. The normalized spacial score (nSPS) is 16.9. The molecular formula is C16H22O3. The number of ether oxygens (including phenoxy) is 1. The lowest BCUT2D eigenvalue weighted by Gasteiger charge is -2.39. The summed E-state index contributed by atoms with van der Waals surface area (Å²) in [5, 5.41) is 9.55. The highest BCUT2D eigenvalue weighted by Crippen LogP contribution is 2.44. The molecule has 1 aromatic carbocycles. The van der Waals surface area contributed by atoms with E-state index < -0.39 is 5.41 Å². The Morgan fingerprint density at radius 3 is 2.37 bits per heavy atom. The van der Waals surface area contributed by atoms with Crippen LogP contribution in [-0.2, 0) is 0 Å². The van der Waals surface area contributed by atoms with Gasteiger partial charge in [0.2, 0.25) is 0 Å². The minimum atomic E-state index is -0.530. The highest BCUT2D eigenvalue weighted by atomic mass is 16.5. The third kappa shape index (κ3) is 2.06. The lowest BCUT2D eigenvalue weighted by molar-refractivity contribution is 0.0347. The highest BCUT2D eigenvalue weighted by molar-refractivity contribution is 6.03. The molecule has 0 aliphatic heterocycles. The quantitative estimate of drug-likeness (QED) is 0.849. The van der Waals surface area contributed by atoms with Crippen molar-refractivity contribution in [1.29, 1.82) is 0 Å². The third-order valence-corrected chi connectivity index (χ3v) is 4.57. The first-order chi connectivity index (χ1) is 8.96. The summed E-state index contributed by atoms with van der Waals surface area (Å²) < 4.78 is 5.38. The molecule has 0 radical (unpaired) electrons. The summed E-state index contributed by atoms with van der Waals surface area (Å²) in [6.07, 6.45) is 2.62. The molecule has 0 atom stereocenters. The van der Waals surface area contributed by atoms with Crippen LogP contribution in [0.1, 0.15) is 46.3 Å². The van der Waals surface area contributed by atoms with Gasteiger partial charge in [-0.3, -0.25) is 4.79 Å². The van der Waals surface area contributed by atoms with Crippen molar-refractivity contribution in [3.8, 4) is 5.75 Å². The number of benzene rings is 1. The molecule has 0 spiro atoms. The molecule has 1 saturated carbocycles. The number of carbonyl (C=O) groups is 1. The maximum atomic E-state index is 12.7. The van der Waals surface area contributed by atoms with Gasteiger partial charge >= 0.3 is 0 Å². The zero-order chi connectivity index (χ0) is 14.2. The van der Waals surface area contributed by atoms with Gasteiger partial charge in [0.1, 0.15) is 5.75 Å². The average molecular weight is 262 g/mol. The molecule has 2 rings (SSSR count). The van der Waals surface area contributed by atoms with Crippen LogP contribution < -0.4 is 4.74 Å². The van der Waals surface area contributed by atoms with E-state index in [1.165, 1.54) is 0 Å². The highest BCUT2D eigenvalue weighted by Gasteiger charge is 2.44. The first kappa shape index (κ1) is 14.1. The Labute approximate surface area is 114 Å². The van der Waals surface area contributed by atoms with Gasteiger partial charge in [0.15, 0.2) is 5.78 Å². The van der Waals surface area contributed by atoms with Crippen molar-refractivity contribution < 1.29 is 14.6 Å². The maximum absolute atomic E-state index is 12.7. The molecular weight excluding hydrogens is 240 g/mol. The number of ketones is 1. The summed E-state index contributed by atoms with van der Waals surface area (Å²) in [5.74, 6) is 0.938. The summed E-state index contributed by atoms with van der Waals surface area (Å²) in [7, 11) is 1.65. The fourth-order valence-corrected chi connectivity index (χ4v) is 2.95. The van der Waals surface area contributed by atoms with E-state index in [4.69, 9.17) is 4.74 Å². The number of hydrogen-bond acceptors (Lipinski definition) is 3. The number of carbonyl (C=O) groups excluding carboxylic acids is 1. The molecule has 1 N–H and O–H groups in total. The monoisotopic (exact) mass is 262 g/mol. The smallest absolute Gasteiger partial charge is 0.171 e. The Morgan fingerprint density at radius 2 is 1.95 bits per heavy atom. The summed E-state index contributed by atoms with van der Waals surface area (Å²) >= 11 is 0. The maximum Gasteiger partial charge on any atom is 0.171 e. The number of methoxy groups -OCH3 is 1. The topological polar surface area (TPSA) is 46.5 Å². The lowest BCUT2D eigenvalue weighted by atomic mass is 9.64. The molecule has 0 unspecified atom stereocenters. The molecule has 0 bridgehead atoms. The number of hydrogen-bond donors (Lipinski definition) is 1. The molecule has 1 aromatic rings. The third-order valence-electron chi connectivity index (χ3n) is 4.57. The molecule has 0 amide bonds. The van der Waals surface area contributed by atoms with Crippen LogP contribution in [0.25, 0.3) is 0 Å². The predicted octanol–water partition coefficient (Wildman–Crippen LogP) is 2.97. The van der Waals surface area contributed by atoms with E-state index in [2.05, 4.69) is 0 Å². The van der Waals surface area contributed by atoms with Gasteiger partial charge in [-0.05, 0) is 56.4 Å². The van der Waals surface area contributed by atoms with Gasteiger partial charge < -0.3 is 9.84 Å². The van der Waals surface area contributed by atoms with Gasteiger partial charge in [-0.2, -0.15) is 0 Å². The number of aliphatic hydroxyl groups is 1. The zero-order valence-electron chi connectivity index (χ0n) is 12.2. The van der Waals surface area contributed by atoms with Gasteiger partial charge in [0.05, 0.1) is 19.1 Å². The van der Waals surface area contributed by atoms with Crippen molar-refractivity contribution >= 4 is 5.78 Å². The van der Waals surface area contributed by atoms with Crippen LogP contribution in [0.2, 0.25) is 0 Å². The van der Waals surface area contributed by atoms with Crippen LogP contribution in [0, 0.1) is 26.2 Å². The van der Waals surface area contributed by atoms with E-state index in [1.54, 1.807) is 7.11 Å². The Balaban J connectivity index is 2.49. The number of Topliss-reactive ketones (excluding diaryl/α,β-unsaturated/α-hetero) is 1. The second-order valence-electron chi connectivity index (χ2n) is 5.65. The molecule has 0 aromatic heterocycles. The van der Waals surface area contributed by atoms with Crippen LogP contribution in [0.5, 0.6) is 5.75 Å². The van der Waals surface area contributed by atoms with Gasteiger partial charge in [-0.15, -0.1) is 0 Å². The molecule has 1 fully saturated rings. The fourth-order valence-electron chi connectivity index (χ4n) is 2.95. The minimum Gasteiger partial charge on any atom is -0.496 e. The van der Waals surface area contributed by atoms with Gasteiger partial charge in [-0.1, -0.05) is 6.42 Å². The Kier molecular flexibility index (Phi) is 3.68. The number of rotatable bonds is 4. The predicted molar refractivity (Wildman–Crippen MR) is 74.9 cm³/mol. The van der Waals surface area contributed by atoms with Crippen molar-refractivity contribution in [2.24, 2.45) is 5.41 Å². The molecule has 19 heavy (non-hydrogen) atoms. The van der Waals surface area contributed by atoms with Crippen LogP contribution >= 0.6 is 0 Å². The molecule has 104 valence electrons. The van der Waals surface area contributed by atoms with E-state index in [-0.39, 0.29) is 12.4 Å². The van der Waals surface area contributed by atoms with Gasteiger partial charge in [0.25, 0.3) is 0 Å². The second-order valence-corrected chi connectivity index (χ2v) is 5.65. The van der Waals surface area contributed by atoms with Gasteiger partial charge in [0, 0.05) is 5.56 Å². The van der Waals surface area contributed by atoms with Crippen LogP contribution in [-0.4, -0.2) is 24.6 Å². The van der Waals surface area contributed by atoms with Crippen molar-refractivity contribution in [2.45, 2.75) is 40.0 Å². The molecule has 1 aliphatic carbocycles. The summed E-state index contributed by atoms with van der Waals surface area (Å²) in [4.78, 5) is 12.7. The van der Waals surface area contributed by atoms with Crippen molar-refractivity contribution in [2.75, 3.05) is 13.7 Å².